The van der Waals surface area contributed by atoms with Gasteiger partial charge in [0.05, 0.1) is 6.10 Å². The molecule has 2 N–H and O–H groups in total. The molecule has 1 aromatic rings. The smallest absolute Gasteiger partial charge is 0.191 e. The molecule has 1 heterocycles. The molecular weight excluding hydrogens is 360 g/mol. The molecule has 5 nitrogen and oxygen atoms in total. The molecule has 2 rings (SSSR count). The molecule has 5 heteroatoms. The Morgan fingerprint density at radius 1 is 1.10 bits per heavy atom. The zero-order valence-electron chi connectivity index (χ0n) is 19.0. The van der Waals surface area contributed by atoms with E-state index in [0.717, 1.165) is 51.7 Å². The SMILES string of the molecule is CCNC(=NCC1CCCOC1c1ccc(C)cc1)NCCCCN(CC)CC. The summed E-state index contributed by atoms with van der Waals surface area (Å²) in [7, 11) is 0. The first-order chi connectivity index (χ1) is 14.2. The third-order valence-electron chi connectivity index (χ3n) is 5.77. The van der Waals surface area contributed by atoms with Gasteiger partial charge in [-0.15, -0.1) is 0 Å². The first-order valence-corrected chi connectivity index (χ1v) is 11.6. The van der Waals surface area contributed by atoms with Crippen molar-refractivity contribution < 1.29 is 4.74 Å². The Balaban J connectivity index is 1.85. The van der Waals surface area contributed by atoms with Crippen molar-refractivity contribution in [2.24, 2.45) is 10.9 Å². The van der Waals surface area contributed by atoms with E-state index in [1.807, 2.05) is 0 Å². The number of aliphatic imine (C=N–C) groups is 1. The molecule has 1 fully saturated rings. The molecule has 2 unspecified atom stereocenters. The van der Waals surface area contributed by atoms with Crippen LogP contribution in [0.3, 0.4) is 0 Å². The van der Waals surface area contributed by atoms with Crippen LogP contribution < -0.4 is 10.6 Å². The van der Waals surface area contributed by atoms with Crippen molar-refractivity contribution in [2.45, 2.75) is 59.5 Å². The Kier molecular flexibility index (Phi) is 11.1. The van der Waals surface area contributed by atoms with E-state index in [-0.39, 0.29) is 6.10 Å². The lowest BCUT2D eigenvalue weighted by Gasteiger charge is -2.31. The fraction of sp³-hybridized carbons (Fsp3) is 0.708. The summed E-state index contributed by atoms with van der Waals surface area (Å²) in [4.78, 5) is 7.38. The number of hydrogen-bond acceptors (Lipinski definition) is 3. The van der Waals surface area contributed by atoms with E-state index in [4.69, 9.17) is 9.73 Å². The molecule has 164 valence electrons. The molecule has 0 amide bonds. The molecule has 0 radical (unpaired) electrons. The summed E-state index contributed by atoms with van der Waals surface area (Å²) in [6.07, 6.45) is 4.84. The number of nitrogens with zero attached hydrogens (tertiary/aromatic N) is 2. The monoisotopic (exact) mass is 402 g/mol. The fourth-order valence-corrected chi connectivity index (χ4v) is 3.91. The lowest BCUT2D eigenvalue weighted by molar-refractivity contribution is -0.0250. The van der Waals surface area contributed by atoms with E-state index in [0.29, 0.717) is 5.92 Å². The van der Waals surface area contributed by atoms with Crippen molar-refractivity contribution >= 4 is 5.96 Å². The minimum atomic E-state index is 0.157. The highest BCUT2D eigenvalue weighted by atomic mass is 16.5. The maximum atomic E-state index is 6.15. The van der Waals surface area contributed by atoms with Gasteiger partial charge < -0.3 is 20.3 Å². The van der Waals surface area contributed by atoms with Gasteiger partial charge in [-0.25, -0.2) is 0 Å². The van der Waals surface area contributed by atoms with Gasteiger partial charge in [0, 0.05) is 32.2 Å². The molecule has 1 aliphatic rings. The van der Waals surface area contributed by atoms with E-state index >= 15 is 0 Å². The van der Waals surface area contributed by atoms with Gasteiger partial charge in [-0.2, -0.15) is 0 Å². The molecule has 2 atom stereocenters. The Labute approximate surface area is 178 Å². The van der Waals surface area contributed by atoms with Crippen molar-refractivity contribution in [1.82, 2.24) is 15.5 Å². The van der Waals surface area contributed by atoms with Gasteiger partial charge in [0.25, 0.3) is 0 Å². The predicted octanol–water partition coefficient (Wildman–Crippen LogP) is 4.14. The second-order valence-corrected chi connectivity index (χ2v) is 7.98. The quantitative estimate of drug-likeness (QED) is 0.332. The molecule has 1 saturated heterocycles. The predicted molar refractivity (Wildman–Crippen MR) is 124 cm³/mol. The van der Waals surface area contributed by atoms with Gasteiger partial charge in [-0.1, -0.05) is 43.7 Å². The van der Waals surface area contributed by atoms with Crippen LogP contribution in [-0.2, 0) is 4.74 Å². The van der Waals surface area contributed by atoms with Crippen molar-refractivity contribution in [3.63, 3.8) is 0 Å². The van der Waals surface area contributed by atoms with E-state index in [1.54, 1.807) is 0 Å². The molecule has 1 aliphatic heterocycles. The summed E-state index contributed by atoms with van der Waals surface area (Å²) in [6, 6.07) is 8.78. The standard InChI is InChI=1S/C24H42N4O/c1-5-25-24(26-16-8-9-17-28(6-2)7-3)27-19-22-11-10-18-29-23(22)21-14-12-20(4)13-15-21/h12-15,22-23H,5-11,16-19H2,1-4H3,(H2,25,26,27). The summed E-state index contributed by atoms with van der Waals surface area (Å²) in [5.74, 6) is 1.37. The number of nitrogens with one attached hydrogen (secondary N) is 2. The van der Waals surface area contributed by atoms with Crippen molar-refractivity contribution in [3.8, 4) is 0 Å². The first-order valence-electron chi connectivity index (χ1n) is 11.6. The first kappa shape index (κ1) is 23.7. The number of guanidine groups is 1. The maximum absolute atomic E-state index is 6.15. The topological polar surface area (TPSA) is 48.9 Å². The highest BCUT2D eigenvalue weighted by molar-refractivity contribution is 5.79. The van der Waals surface area contributed by atoms with Crippen LogP contribution in [0.4, 0.5) is 0 Å². The fourth-order valence-electron chi connectivity index (χ4n) is 3.91. The zero-order chi connectivity index (χ0) is 20.9. The van der Waals surface area contributed by atoms with E-state index in [2.05, 4.69) is 67.5 Å². The summed E-state index contributed by atoms with van der Waals surface area (Å²) in [6.45, 7) is 15.7. The van der Waals surface area contributed by atoms with Gasteiger partial charge in [0.1, 0.15) is 0 Å². The number of rotatable bonds is 11. The summed E-state index contributed by atoms with van der Waals surface area (Å²) < 4.78 is 6.15. The van der Waals surface area contributed by atoms with E-state index in [9.17, 15) is 0 Å². The minimum absolute atomic E-state index is 0.157. The van der Waals surface area contributed by atoms with Crippen LogP contribution in [0.5, 0.6) is 0 Å². The summed E-state index contributed by atoms with van der Waals surface area (Å²) >= 11 is 0. The van der Waals surface area contributed by atoms with Crippen molar-refractivity contribution in [2.75, 3.05) is 45.9 Å². The molecular formula is C24H42N4O. The molecule has 29 heavy (non-hydrogen) atoms. The second-order valence-electron chi connectivity index (χ2n) is 7.98. The number of hydrogen-bond donors (Lipinski definition) is 2. The summed E-state index contributed by atoms with van der Waals surface area (Å²) in [5.41, 5.74) is 2.57. The molecule has 0 spiro atoms. The number of ether oxygens (including phenoxy) is 1. The Morgan fingerprint density at radius 3 is 2.55 bits per heavy atom. The minimum Gasteiger partial charge on any atom is -0.373 e. The van der Waals surface area contributed by atoms with Gasteiger partial charge in [-0.05, 0) is 64.7 Å². The van der Waals surface area contributed by atoms with Crippen LogP contribution in [-0.4, -0.2) is 56.7 Å². The normalized spacial score (nSPS) is 20.1. The highest BCUT2D eigenvalue weighted by Gasteiger charge is 2.27. The van der Waals surface area contributed by atoms with Crippen molar-refractivity contribution in [3.05, 3.63) is 35.4 Å². The third-order valence-corrected chi connectivity index (χ3v) is 5.77. The van der Waals surface area contributed by atoms with E-state index < -0.39 is 0 Å². The Morgan fingerprint density at radius 2 is 1.86 bits per heavy atom. The lowest BCUT2D eigenvalue weighted by Crippen LogP contribution is -2.38. The average Bonchev–Trinajstić information content (AvgIpc) is 2.75. The number of benzene rings is 1. The third kappa shape index (κ3) is 8.35. The summed E-state index contributed by atoms with van der Waals surface area (Å²) in [5, 5.41) is 6.91. The van der Waals surface area contributed by atoms with Crippen LogP contribution in [0.1, 0.15) is 63.7 Å². The largest absolute Gasteiger partial charge is 0.373 e. The number of unbranched alkanes of at least 4 members (excludes halogenated alkanes) is 1. The van der Waals surface area contributed by atoms with Crippen LogP contribution in [0.25, 0.3) is 0 Å². The van der Waals surface area contributed by atoms with Gasteiger partial charge in [-0.3, -0.25) is 4.99 Å². The van der Waals surface area contributed by atoms with Gasteiger partial charge in [0.2, 0.25) is 0 Å². The Bertz CT molecular complexity index is 583. The second kappa shape index (κ2) is 13.6. The molecule has 1 aromatic carbocycles. The van der Waals surface area contributed by atoms with Crippen LogP contribution in [0, 0.1) is 12.8 Å². The lowest BCUT2D eigenvalue weighted by atomic mass is 9.89. The maximum Gasteiger partial charge on any atom is 0.191 e. The molecule has 0 saturated carbocycles. The average molecular weight is 403 g/mol. The zero-order valence-corrected chi connectivity index (χ0v) is 19.0. The van der Waals surface area contributed by atoms with Crippen LogP contribution >= 0.6 is 0 Å². The molecule has 0 bridgehead atoms. The Hall–Kier alpha value is -1.59. The molecule has 0 aromatic heterocycles. The highest BCUT2D eigenvalue weighted by Crippen LogP contribution is 2.33. The van der Waals surface area contributed by atoms with Crippen molar-refractivity contribution in [1.29, 1.82) is 0 Å². The van der Waals surface area contributed by atoms with Gasteiger partial charge in [0.15, 0.2) is 5.96 Å². The van der Waals surface area contributed by atoms with Crippen LogP contribution in [0.2, 0.25) is 0 Å². The van der Waals surface area contributed by atoms with Gasteiger partial charge >= 0.3 is 0 Å². The number of aryl methyl sites for hydroxylation is 1. The van der Waals surface area contributed by atoms with Crippen LogP contribution in [0.15, 0.2) is 29.3 Å². The molecule has 0 aliphatic carbocycles. The van der Waals surface area contributed by atoms with E-state index in [1.165, 1.54) is 36.9 Å².